The number of hydrogen-bond acceptors (Lipinski definition) is 2. The van der Waals surface area contributed by atoms with Gasteiger partial charge in [0.15, 0.2) is 0 Å². The molecule has 2 heterocycles. The van der Waals surface area contributed by atoms with Crippen LogP contribution in [0.25, 0.3) is 22.3 Å². The first-order valence-electron chi connectivity index (χ1n) is 18.3. The smallest absolute Gasteiger partial charge is 0.139 e. The number of hydrogen-bond donors (Lipinski definition) is 0. The summed E-state index contributed by atoms with van der Waals surface area (Å²) in [6.45, 7) is 2.32. The molecule has 1 atom stereocenters. The molecule has 0 N–H and O–H groups in total. The molecule has 0 aliphatic carbocycles. The average Bonchev–Trinajstić information content (AvgIpc) is 3.23. The molecule has 0 spiro atoms. The molecule has 2 heteroatoms. The van der Waals surface area contributed by atoms with Crippen molar-refractivity contribution in [2.24, 2.45) is 0 Å². The van der Waals surface area contributed by atoms with E-state index in [2.05, 4.69) is 207 Å². The quantitative estimate of drug-likeness (QED) is 0.180. The molecule has 2 aliphatic rings. The Morgan fingerprint density at radius 2 is 0.830 bits per heavy atom. The summed E-state index contributed by atoms with van der Waals surface area (Å²) >= 11 is 0. The van der Waals surface area contributed by atoms with E-state index < -0.39 is 5.41 Å². The van der Waals surface area contributed by atoms with Crippen LogP contribution in [0, 0.1) is 0 Å². The molecule has 2 nitrogen and oxygen atoms in total. The second-order valence-corrected chi connectivity index (χ2v) is 14.1. The zero-order chi connectivity index (χ0) is 35.4. The molecule has 0 amide bonds. The largest absolute Gasteiger partial charge is 0.457 e. The summed E-state index contributed by atoms with van der Waals surface area (Å²) in [7, 11) is 0. The molecule has 252 valence electrons. The fourth-order valence-corrected chi connectivity index (χ4v) is 8.82. The van der Waals surface area contributed by atoms with Gasteiger partial charge in [-0.2, -0.15) is 0 Å². The Kier molecular flexibility index (Phi) is 7.19. The summed E-state index contributed by atoms with van der Waals surface area (Å²) < 4.78 is 13.3. The maximum Gasteiger partial charge on any atom is 0.139 e. The van der Waals surface area contributed by atoms with Gasteiger partial charge in [-0.3, -0.25) is 0 Å². The first-order chi connectivity index (χ1) is 26.2. The molecule has 8 aromatic carbocycles. The lowest BCUT2D eigenvalue weighted by Crippen LogP contribution is -2.34. The summed E-state index contributed by atoms with van der Waals surface area (Å²) in [6.07, 6.45) is 0. The standard InChI is InChI=1S/C51H36O2/c1-50(38-18-4-2-5-19-38)42-23-8-11-27-46(42)53-49-41(22-15-26-45(49)50)37-17-14-16-36(34-37)35-30-32-40(33-31-35)51(39-20-6-3-7-21-39)43-24-9-12-28-47(43)52-48-29-13-10-25-44(48)51/h2-34H,1H3. The Hall–Kier alpha value is -6.64. The summed E-state index contributed by atoms with van der Waals surface area (Å²) in [6, 6.07) is 71.5. The Balaban J connectivity index is 1.09. The molecule has 2 aliphatic heterocycles. The average molecular weight is 681 g/mol. The molecule has 0 saturated heterocycles. The number of fused-ring (bicyclic) bond motifs is 4. The van der Waals surface area contributed by atoms with E-state index in [9.17, 15) is 0 Å². The van der Waals surface area contributed by atoms with E-state index in [1.807, 2.05) is 0 Å². The zero-order valence-corrected chi connectivity index (χ0v) is 29.4. The minimum atomic E-state index is -0.546. The van der Waals surface area contributed by atoms with Crippen molar-refractivity contribution in [2.75, 3.05) is 0 Å². The minimum absolute atomic E-state index is 0.370. The fraction of sp³-hybridized carbons (Fsp3) is 0.0588. The summed E-state index contributed by atoms with van der Waals surface area (Å²) in [5.74, 6) is 3.57. The van der Waals surface area contributed by atoms with E-state index in [0.29, 0.717) is 0 Å². The van der Waals surface area contributed by atoms with Crippen LogP contribution < -0.4 is 9.47 Å². The SMILES string of the molecule is CC1(c2ccccc2)c2ccccc2Oc2c(-c3cccc(-c4ccc(C5(c6ccccc6)c6ccccc6Oc6ccccc65)cc4)c3)cccc21. The molecule has 53 heavy (non-hydrogen) atoms. The molecule has 0 fully saturated rings. The van der Waals surface area contributed by atoms with Crippen LogP contribution in [-0.2, 0) is 10.8 Å². The van der Waals surface area contributed by atoms with Gasteiger partial charge < -0.3 is 9.47 Å². The molecular weight excluding hydrogens is 645 g/mol. The predicted molar refractivity (Wildman–Crippen MR) is 214 cm³/mol. The van der Waals surface area contributed by atoms with Gasteiger partial charge >= 0.3 is 0 Å². The van der Waals surface area contributed by atoms with Crippen molar-refractivity contribution in [2.45, 2.75) is 17.8 Å². The highest BCUT2D eigenvalue weighted by atomic mass is 16.5. The summed E-state index contributed by atoms with van der Waals surface area (Å²) in [4.78, 5) is 0. The highest BCUT2D eigenvalue weighted by Crippen LogP contribution is 2.56. The van der Waals surface area contributed by atoms with Gasteiger partial charge in [0.1, 0.15) is 23.0 Å². The first-order valence-corrected chi connectivity index (χ1v) is 18.3. The normalized spacial score (nSPS) is 16.2. The van der Waals surface area contributed by atoms with Crippen molar-refractivity contribution in [1.82, 2.24) is 0 Å². The lowest BCUT2D eigenvalue weighted by Gasteiger charge is -2.41. The number of ether oxygens (including phenoxy) is 2. The van der Waals surface area contributed by atoms with Crippen molar-refractivity contribution in [3.8, 4) is 45.3 Å². The highest BCUT2D eigenvalue weighted by molar-refractivity contribution is 5.81. The predicted octanol–water partition coefficient (Wildman–Crippen LogP) is 13.0. The van der Waals surface area contributed by atoms with E-state index in [-0.39, 0.29) is 5.41 Å². The van der Waals surface area contributed by atoms with Gasteiger partial charge in [0.05, 0.1) is 5.41 Å². The van der Waals surface area contributed by atoms with Crippen molar-refractivity contribution in [3.05, 3.63) is 239 Å². The van der Waals surface area contributed by atoms with Crippen LogP contribution in [0.3, 0.4) is 0 Å². The van der Waals surface area contributed by atoms with Gasteiger partial charge in [0.25, 0.3) is 0 Å². The van der Waals surface area contributed by atoms with Gasteiger partial charge in [-0.15, -0.1) is 0 Å². The maximum atomic E-state index is 6.81. The van der Waals surface area contributed by atoms with E-state index in [1.54, 1.807) is 0 Å². The Labute approximate surface area is 310 Å². The fourth-order valence-electron chi connectivity index (χ4n) is 8.82. The van der Waals surface area contributed by atoms with Crippen LogP contribution in [0.2, 0.25) is 0 Å². The highest BCUT2D eigenvalue weighted by Gasteiger charge is 2.45. The number of benzene rings is 8. The van der Waals surface area contributed by atoms with Gasteiger partial charge in [0, 0.05) is 33.2 Å². The third kappa shape index (κ3) is 4.72. The molecular formula is C51H36O2. The molecule has 10 rings (SSSR count). The van der Waals surface area contributed by atoms with Crippen LogP contribution in [0.4, 0.5) is 0 Å². The van der Waals surface area contributed by atoms with Crippen molar-refractivity contribution < 1.29 is 9.47 Å². The number of para-hydroxylation sites is 4. The third-order valence-corrected chi connectivity index (χ3v) is 11.4. The monoisotopic (exact) mass is 680 g/mol. The van der Waals surface area contributed by atoms with Crippen molar-refractivity contribution in [1.29, 1.82) is 0 Å². The van der Waals surface area contributed by atoms with Crippen LogP contribution in [0.5, 0.6) is 23.0 Å². The topological polar surface area (TPSA) is 18.5 Å². The molecule has 0 aromatic heterocycles. The van der Waals surface area contributed by atoms with Crippen LogP contribution in [-0.4, -0.2) is 0 Å². The molecule has 1 unspecified atom stereocenters. The first kappa shape index (κ1) is 31.1. The molecule has 0 radical (unpaired) electrons. The third-order valence-electron chi connectivity index (χ3n) is 11.4. The van der Waals surface area contributed by atoms with E-state index in [0.717, 1.165) is 61.9 Å². The maximum absolute atomic E-state index is 6.81. The Bertz CT molecular complexity index is 2580. The van der Waals surface area contributed by atoms with Crippen LogP contribution >= 0.6 is 0 Å². The van der Waals surface area contributed by atoms with Gasteiger partial charge in [0.2, 0.25) is 0 Å². The molecule has 8 aromatic rings. The molecule has 0 saturated carbocycles. The van der Waals surface area contributed by atoms with Crippen LogP contribution in [0.15, 0.2) is 200 Å². The van der Waals surface area contributed by atoms with Crippen LogP contribution in [0.1, 0.15) is 45.9 Å². The van der Waals surface area contributed by atoms with Gasteiger partial charge in [-0.1, -0.05) is 176 Å². The van der Waals surface area contributed by atoms with Crippen molar-refractivity contribution >= 4 is 0 Å². The van der Waals surface area contributed by atoms with E-state index in [1.165, 1.54) is 22.3 Å². The van der Waals surface area contributed by atoms with E-state index >= 15 is 0 Å². The second kappa shape index (κ2) is 12.3. The molecule has 0 bridgehead atoms. The minimum Gasteiger partial charge on any atom is -0.457 e. The second-order valence-electron chi connectivity index (χ2n) is 14.1. The lowest BCUT2D eigenvalue weighted by atomic mass is 9.63. The van der Waals surface area contributed by atoms with Crippen molar-refractivity contribution in [3.63, 3.8) is 0 Å². The Morgan fingerprint density at radius 3 is 1.49 bits per heavy atom. The summed E-state index contributed by atoms with van der Waals surface area (Å²) in [5.41, 5.74) is 11.8. The van der Waals surface area contributed by atoms with E-state index in [4.69, 9.17) is 9.47 Å². The Morgan fingerprint density at radius 1 is 0.340 bits per heavy atom. The summed E-state index contributed by atoms with van der Waals surface area (Å²) in [5, 5.41) is 0. The van der Waals surface area contributed by atoms with Gasteiger partial charge in [-0.05, 0) is 64.6 Å². The van der Waals surface area contributed by atoms with Gasteiger partial charge in [-0.25, -0.2) is 0 Å². The lowest BCUT2D eigenvalue weighted by molar-refractivity contribution is 0.429. The number of rotatable bonds is 5. The zero-order valence-electron chi connectivity index (χ0n) is 29.4.